The largest absolute Gasteiger partial charge is 0.382 e. The van der Waals surface area contributed by atoms with Gasteiger partial charge in [-0.3, -0.25) is 9.78 Å². The van der Waals surface area contributed by atoms with Crippen LogP contribution in [0.1, 0.15) is 49.5 Å². The van der Waals surface area contributed by atoms with E-state index in [0.717, 1.165) is 5.69 Å². The molecule has 1 amide bonds. The summed E-state index contributed by atoms with van der Waals surface area (Å²) in [5, 5.41) is 3.59. The number of pyridine rings is 1. The van der Waals surface area contributed by atoms with E-state index in [2.05, 4.69) is 17.2 Å². The Morgan fingerprint density at radius 2 is 2.05 bits per heavy atom. The van der Waals surface area contributed by atoms with Gasteiger partial charge in [0.2, 0.25) is 0 Å². The molecule has 1 aliphatic rings. The van der Waals surface area contributed by atoms with Crippen LogP contribution in [0.15, 0.2) is 18.3 Å². The molecule has 1 N–H and O–H groups in total. The summed E-state index contributed by atoms with van der Waals surface area (Å²) in [6, 6.07) is 4.31. The van der Waals surface area contributed by atoms with Crippen molar-refractivity contribution in [2.45, 2.75) is 45.1 Å². The quantitative estimate of drug-likeness (QED) is 0.862. The normalized spacial score (nSPS) is 22.9. The van der Waals surface area contributed by atoms with Crippen LogP contribution in [-0.4, -0.2) is 35.9 Å². The molecule has 1 saturated carbocycles. The summed E-state index contributed by atoms with van der Waals surface area (Å²) in [5.41, 5.74) is 1.50. The predicted octanol–water partition coefficient (Wildman–Crippen LogP) is 3.16. The molecule has 4 nitrogen and oxygen atoms in total. The molecule has 20 heavy (non-hydrogen) atoms. The van der Waals surface area contributed by atoms with E-state index >= 15 is 0 Å². The van der Waals surface area contributed by atoms with Crippen LogP contribution in [0.5, 0.6) is 0 Å². The molecule has 2 atom stereocenters. The van der Waals surface area contributed by atoms with Crippen molar-refractivity contribution in [3.63, 3.8) is 0 Å². The Morgan fingerprint density at radius 3 is 2.80 bits per heavy atom. The van der Waals surface area contributed by atoms with Crippen LogP contribution < -0.4 is 5.32 Å². The number of aromatic nitrogens is 1. The zero-order valence-corrected chi connectivity index (χ0v) is 12.7. The molecule has 0 radical (unpaired) electrons. The lowest BCUT2D eigenvalue weighted by Crippen LogP contribution is -2.27. The molecule has 0 aliphatic heterocycles. The SMILES string of the molecule is CC1CCCCCC1Nc1ccnc(C(=O)N(C)C)c1. The highest BCUT2D eigenvalue weighted by Crippen LogP contribution is 2.26. The van der Waals surface area contributed by atoms with Crippen LogP contribution >= 0.6 is 0 Å². The number of hydrogen-bond donors (Lipinski definition) is 1. The second-order valence-electron chi connectivity index (χ2n) is 6.00. The highest BCUT2D eigenvalue weighted by atomic mass is 16.2. The van der Waals surface area contributed by atoms with Crippen molar-refractivity contribution in [2.24, 2.45) is 5.92 Å². The van der Waals surface area contributed by atoms with Crippen LogP contribution in [-0.2, 0) is 0 Å². The Bertz CT molecular complexity index is 459. The minimum absolute atomic E-state index is 0.0532. The van der Waals surface area contributed by atoms with E-state index in [4.69, 9.17) is 0 Å². The van der Waals surface area contributed by atoms with Gasteiger partial charge in [0.1, 0.15) is 5.69 Å². The maximum absolute atomic E-state index is 11.9. The van der Waals surface area contributed by atoms with Crippen molar-refractivity contribution in [2.75, 3.05) is 19.4 Å². The molecule has 1 heterocycles. The van der Waals surface area contributed by atoms with E-state index < -0.39 is 0 Å². The van der Waals surface area contributed by atoms with Crippen molar-refractivity contribution in [3.05, 3.63) is 24.0 Å². The van der Waals surface area contributed by atoms with Gasteiger partial charge in [-0.2, -0.15) is 0 Å². The van der Waals surface area contributed by atoms with E-state index in [9.17, 15) is 4.79 Å². The second kappa shape index (κ2) is 6.73. The highest BCUT2D eigenvalue weighted by Gasteiger charge is 2.20. The molecular weight excluding hydrogens is 250 g/mol. The average molecular weight is 275 g/mol. The van der Waals surface area contributed by atoms with Gasteiger partial charge in [0, 0.05) is 32.0 Å². The third-order valence-corrected chi connectivity index (χ3v) is 4.10. The highest BCUT2D eigenvalue weighted by molar-refractivity contribution is 5.92. The first-order valence-electron chi connectivity index (χ1n) is 7.52. The number of anilines is 1. The summed E-state index contributed by atoms with van der Waals surface area (Å²) in [4.78, 5) is 17.7. The average Bonchev–Trinajstić information content (AvgIpc) is 2.63. The first-order chi connectivity index (χ1) is 9.58. The third-order valence-electron chi connectivity index (χ3n) is 4.10. The van der Waals surface area contributed by atoms with Crippen molar-refractivity contribution in [3.8, 4) is 0 Å². The minimum atomic E-state index is -0.0532. The van der Waals surface area contributed by atoms with E-state index in [1.807, 2.05) is 12.1 Å². The minimum Gasteiger partial charge on any atom is -0.382 e. The Morgan fingerprint density at radius 1 is 1.30 bits per heavy atom. The first-order valence-corrected chi connectivity index (χ1v) is 7.52. The lowest BCUT2D eigenvalue weighted by atomic mass is 9.97. The summed E-state index contributed by atoms with van der Waals surface area (Å²) in [5.74, 6) is 0.626. The topological polar surface area (TPSA) is 45.2 Å². The number of amides is 1. The lowest BCUT2D eigenvalue weighted by Gasteiger charge is -2.24. The van der Waals surface area contributed by atoms with Gasteiger partial charge in [0.05, 0.1) is 0 Å². The van der Waals surface area contributed by atoms with Crippen LogP contribution in [0, 0.1) is 5.92 Å². The van der Waals surface area contributed by atoms with Crippen molar-refractivity contribution < 1.29 is 4.79 Å². The van der Waals surface area contributed by atoms with E-state index in [1.54, 1.807) is 25.2 Å². The summed E-state index contributed by atoms with van der Waals surface area (Å²) >= 11 is 0. The second-order valence-corrected chi connectivity index (χ2v) is 6.00. The third kappa shape index (κ3) is 3.71. The van der Waals surface area contributed by atoms with Gasteiger partial charge in [-0.25, -0.2) is 0 Å². The number of nitrogens with one attached hydrogen (secondary N) is 1. The maximum Gasteiger partial charge on any atom is 0.272 e. The summed E-state index contributed by atoms with van der Waals surface area (Å²) in [6.07, 6.45) is 8.16. The van der Waals surface area contributed by atoms with Crippen LogP contribution in [0.4, 0.5) is 5.69 Å². The fourth-order valence-electron chi connectivity index (χ4n) is 2.79. The summed E-state index contributed by atoms with van der Waals surface area (Å²) in [6.45, 7) is 2.32. The monoisotopic (exact) mass is 275 g/mol. The fourth-order valence-corrected chi connectivity index (χ4v) is 2.79. The molecule has 2 rings (SSSR count). The van der Waals surface area contributed by atoms with Crippen LogP contribution in [0.3, 0.4) is 0 Å². The smallest absolute Gasteiger partial charge is 0.272 e. The van der Waals surface area contributed by atoms with Gasteiger partial charge >= 0.3 is 0 Å². The molecule has 1 aliphatic carbocycles. The zero-order valence-electron chi connectivity index (χ0n) is 12.7. The van der Waals surface area contributed by atoms with Gasteiger partial charge < -0.3 is 10.2 Å². The standard InChI is InChI=1S/C16H25N3O/c1-12-7-5-4-6-8-14(12)18-13-9-10-17-15(11-13)16(20)19(2)3/h9-12,14H,4-8H2,1-3H3,(H,17,18). The molecule has 110 valence electrons. The zero-order chi connectivity index (χ0) is 14.5. The first kappa shape index (κ1) is 14.8. The van der Waals surface area contributed by atoms with Crippen LogP contribution in [0.2, 0.25) is 0 Å². The van der Waals surface area contributed by atoms with Crippen molar-refractivity contribution in [1.29, 1.82) is 0 Å². The molecule has 4 heteroatoms. The number of hydrogen-bond acceptors (Lipinski definition) is 3. The fraction of sp³-hybridized carbons (Fsp3) is 0.625. The van der Waals surface area contributed by atoms with Crippen molar-refractivity contribution in [1.82, 2.24) is 9.88 Å². The Kier molecular flexibility index (Phi) is 4.99. The summed E-state index contributed by atoms with van der Waals surface area (Å²) < 4.78 is 0. The van der Waals surface area contributed by atoms with Crippen LogP contribution in [0.25, 0.3) is 0 Å². The Labute approximate surface area is 121 Å². The van der Waals surface area contributed by atoms with E-state index in [1.165, 1.54) is 32.1 Å². The molecule has 0 spiro atoms. The Balaban J connectivity index is 2.09. The number of nitrogens with zero attached hydrogens (tertiary/aromatic N) is 2. The predicted molar refractivity (Wildman–Crippen MR) is 81.9 cm³/mol. The molecule has 1 fully saturated rings. The molecule has 2 unspecified atom stereocenters. The summed E-state index contributed by atoms with van der Waals surface area (Å²) in [7, 11) is 3.50. The molecule has 0 bridgehead atoms. The molecular formula is C16H25N3O. The van der Waals surface area contributed by atoms with Crippen molar-refractivity contribution >= 4 is 11.6 Å². The molecule has 1 aromatic heterocycles. The van der Waals surface area contributed by atoms with Gasteiger partial charge in [0.15, 0.2) is 0 Å². The van der Waals surface area contributed by atoms with E-state index in [-0.39, 0.29) is 5.91 Å². The number of carbonyl (C=O) groups is 1. The number of rotatable bonds is 3. The van der Waals surface area contributed by atoms with Gasteiger partial charge in [-0.1, -0.05) is 26.2 Å². The lowest BCUT2D eigenvalue weighted by molar-refractivity contribution is 0.0822. The van der Waals surface area contributed by atoms with E-state index in [0.29, 0.717) is 17.7 Å². The van der Waals surface area contributed by atoms with Gasteiger partial charge in [-0.15, -0.1) is 0 Å². The Hall–Kier alpha value is -1.58. The molecule has 0 saturated heterocycles. The van der Waals surface area contributed by atoms with Gasteiger partial charge in [0.25, 0.3) is 5.91 Å². The maximum atomic E-state index is 11.9. The number of carbonyl (C=O) groups excluding carboxylic acids is 1. The van der Waals surface area contributed by atoms with Gasteiger partial charge in [-0.05, 0) is 30.9 Å². The molecule has 0 aromatic carbocycles. The molecule has 1 aromatic rings.